The molecule has 0 N–H and O–H groups in total. The van der Waals surface area contributed by atoms with Crippen LogP contribution in [-0.2, 0) is 4.79 Å². The zero-order valence-corrected chi connectivity index (χ0v) is 6.68. The SMILES string of the molecule is CB(CC=O)C1CCCC1. The summed E-state index contributed by atoms with van der Waals surface area (Å²) in [4.78, 5) is 10.2. The molecule has 0 amide bonds. The van der Waals surface area contributed by atoms with Crippen LogP contribution in [0.1, 0.15) is 25.7 Å². The summed E-state index contributed by atoms with van der Waals surface area (Å²) in [6.07, 6.45) is 7.30. The van der Waals surface area contributed by atoms with Gasteiger partial charge in [-0.15, -0.1) is 0 Å². The summed E-state index contributed by atoms with van der Waals surface area (Å²) in [5, 5.41) is 0. The van der Waals surface area contributed by atoms with Crippen LogP contribution >= 0.6 is 0 Å². The summed E-state index contributed by atoms with van der Waals surface area (Å²) in [6, 6.07) is 0. The molecular weight excluding hydrogens is 123 g/mol. The molecule has 1 aliphatic rings. The summed E-state index contributed by atoms with van der Waals surface area (Å²) in [6.45, 7) is 2.84. The Kier molecular flexibility index (Phi) is 2.97. The van der Waals surface area contributed by atoms with Crippen LogP contribution in [0, 0.1) is 0 Å². The summed E-state index contributed by atoms with van der Waals surface area (Å²) in [5.41, 5.74) is 0. The van der Waals surface area contributed by atoms with Gasteiger partial charge in [0.15, 0.2) is 0 Å². The molecule has 0 unspecified atom stereocenters. The number of carbonyl (C=O) groups is 1. The van der Waals surface area contributed by atoms with Crippen molar-refractivity contribution in [1.29, 1.82) is 0 Å². The minimum atomic E-state index is 0.639. The number of hydrogen-bond acceptors (Lipinski definition) is 1. The van der Waals surface area contributed by atoms with Gasteiger partial charge in [-0.3, -0.25) is 0 Å². The monoisotopic (exact) mass is 138 g/mol. The van der Waals surface area contributed by atoms with E-state index in [0.717, 1.165) is 18.4 Å². The van der Waals surface area contributed by atoms with E-state index >= 15 is 0 Å². The van der Waals surface area contributed by atoms with E-state index in [1.807, 2.05) is 0 Å². The topological polar surface area (TPSA) is 17.1 Å². The minimum absolute atomic E-state index is 0.639. The van der Waals surface area contributed by atoms with Gasteiger partial charge < -0.3 is 4.79 Å². The van der Waals surface area contributed by atoms with Crippen LogP contribution in [0.4, 0.5) is 0 Å². The fourth-order valence-electron chi connectivity index (χ4n) is 1.87. The van der Waals surface area contributed by atoms with Crippen molar-refractivity contribution < 1.29 is 4.79 Å². The van der Waals surface area contributed by atoms with Gasteiger partial charge in [-0.1, -0.05) is 38.3 Å². The van der Waals surface area contributed by atoms with Crippen LogP contribution in [0.5, 0.6) is 0 Å². The first kappa shape index (κ1) is 7.84. The van der Waals surface area contributed by atoms with Gasteiger partial charge >= 0.3 is 0 Å². The first-order chi connectivity index (χ1) is 4.84. The van der Waals surface area contributed by atoms with Gasteiger partial charge in [0.25, 0.3) is 0 Å². The molecule has 1 saturated carbocycles. The molecule has 1 nitrogen and oxygen atoms in total. The van der Waals surface area contributed by atoms with Crippen LogP contribution in [0.2, 0.25) is 19.0 Å². The Morgan fingerprint density at radius 3 is 2.60 bits per heavy atom. The lowest BCUT2D eigenvalue weighted by Crippen LogP contribution is -2.13. The molecule has 1 aliphatic carbocycles. The van der Waals surface area contributed by atoms with E-state index in [2.05, 4.69) is 6.82 Å². The molecule has 0 heterocycles. The zero-order valence-electron chi connectivity index (χ0n) is 6.68. The molecule has 0 saturated heterocycles. The third-order valence-corrected chi connectivity index (χ3v) is 2.67. The molecule has 0 bridgehead atoms. The van der Waals surface area contributed by atoms with E-state index in [0.29, 0.717) is 6.71 Å². The van der Waals surface area contributed by atoms with Crippen molar-refractivity contribution in [2.75, 3.05) is 0 Å². The zero-order chi connectivity index (χ0) is 7.40. The van der Waals surface area contributed by atoms with Gasteiger partial charge in [-0.25, -0.2) is 0 Å². The Hall–Kier alpha value is -0.265. The van der Waals surface area contributed by atoms with E-state index in [1.54, 1.807) is 0 Å². The molecular formula is C8H15BO. The maximum Gasteiger partial charge on any atom is 0.148 e. The fourth-order valence-corrected chi connectivity index (χ4v) is 1.87. The standard InChI is InChI=1S/C8H15BO/c1-9(6-7-10)8-4-2-3-5-8/h7-8H,2-6H2,1H3. The Balaban J connectivity index is 2.24. The van der Waals surface area contributed by atoms with E-state index in [9.17, 15) is 4.79 Å². The van der Waals surface area contributed by atoms with Crippen molar-refractivity contribution in [2.24, 2.45) is 0 Å². The number of aldehydes is 1. The Morgan fingerprint density at radius 2 is 2.10 bits per heavy atom. The summed E-state index contributed by atoms with van der Waals surface area (Å²) < 4.78 is 0. The van der Waals surface area contributed by atoms with Crippen molar-refractivity contribution in [3.63, 3.8) is 0 Å². The van der Waals surface area contributed by atoms with Gasteiger partial charge in [-0.2, -0.15) is 0 Å². The molecule has 56 valence electrons. The molecule has 0 aromatic heterocycles. The average molecular weight is 138 g/mol. The largest absolute Gasteiger partial charge is 0.304 e. The third kappa shape index (κ3) is 1.86. The smallest absolute Gasteiger partial charge is 0.148 e. The van der Waals surface area contributed by atoms with Crippen molar-refractivity contribution in [3.8, 4) is 0 Å². The maximum atomic E-state index is 10.2. The van der Waals surface area contributed by atoms with Gasteiger partial charge in [0.2, 0.25) is 0 Å². The van der Waals surface area contributed by atoms with E-state index in [4.69, 9.17) is 0 Å². The highest BCUT2D eigenvalue weighted by atomic mass is 16.1. The third-order valence-electron chi connectivity index (χ3n) is 2.67. The average Bonchev–Trinajstić information content (AvgIpc) is 2.38. The van der Waals surface area contributed by atoms with Gasteiger partial charge in [0.05, 0.1) is 0 Å². The van der Waals surface area contributed by atoms with Crippen LogP contribution < -0.4 is 0 Å². The molecule has 2 heteroatoms. The quantitative estimate of drug-likeness (QED) is 0.431. The second kappa shape index (κ2) is 3.79. The lowest BCUT2D eigenvalue weighted by molar-refractivity contribution is -0.106. The molecule has 1 fully saturated rings. The summed E-state index contributed by atoms with van der Waals surface area (Å²) >= 11 is 0. The molecule has 0 atom stereocenters. The van der Waals surface area contributed by atoms with Crippen molar-refractivity contribution in [1.82, 2.24) is 0 Å². The number of hydrogen-bond donors (Lipinski definition) is 0. The Morgan fingerprint density at radius 1 is 1.50 bits per heavy atom. The van der Waals surface area contributed by atoms with E-state index in [1.165, 1.54) is 25.7 Å². The molecule has 0 aromatic rings. The van der Waals surface area contributed by atoms with E-state index < -0.39 is 0 Å². The van der Waals surface area contributed by atoms with Gasteiger partial charge in [-0.05, 0) is 6.32 Å². The molecule has 10 heavy (non-hydrogen) atoms. The minimum Gasteiger partial charge on any atom is -0.304 e. The first-order valence-corrected chi connectivity index (χ1v) is 4.28. The van der Waals surface area contributed by atoms with Crippen molar-refractivity contribution >= 4 is 13.0 Å². The highest BCUT2D eigenvalue weighted by molar-refractivity contribution is 6.61. The summed E-state index contributed by atoms with van der Waals surface area (Å²) in [5.74, 6) is 0.852. The predicted octanol–water partition coefficient (Wildman–Crippen LogP) is 2.25. The fraction of sp³-hybridized carbons (Fsp3) is 0.875. The lowest BCUT2D eigenvalue weighted by atomic mass is 9.41. The lowest BCUT2D eigenvalue weighted by Gasteiger charge is -2.11. The van der Waals surface area contributed by atoms with Crippen molar-refractivity contribution in [2.45, 2.75) is 44.6 Å². The predicted molar refractivity (Wildman–Crippen MR) is 44.7 cm³/mol. The molecule has 0 radical (unpaired) electrons. The van der Waals surface area contributed by atoms with Gasteiger partial charge in [0.1, 0.15) is 13.0 Å². The highest BCUT2D eigenvalue weighted by Gasteiger charge is 2.23. The normalized spacial score (nSPS) is 19.3. The molecule has 0 aromatic carbocycles. The molecule has 1 rings (SSSR count). The number of rotatable bonds is 3. The van der Waals surface area contributed by atoms with E-state index in [-0.39, 0.29) is 0 Å². The van der Waals surface area contributed by atoms with Gasteiger partial charge in [0, 0.05) is 0 Å². The Labute approximate surface area is 63.3 Å². The van der Waals surface area contributed by atoms with Crippen LogP contribution in [0.25, 0.3) is 0 Å². The maximum absolute atomic E-state index is 10.2. The van der Waals surface area contributed by atoms with Crippen LogP contribution in [0.3, 0.4) is 0 Å². The molecule has 0 aliphatic heterocycles. The van der Waals surface area contributed by atoms with Crippen LogP contribution in [-0.4, -0.2) is 13.0 Å². The Bertz CT molecular complexity index is 108. The number of carbonyl (C=O) groups excluding carboxylic acids is 1. The van der Waals surface area contributed by atoms with Crippen LogP contribution in [0.15, 0.2) is 0 Å². The first-order valence-electron chi connectivity index (χ1n) is 4.28. The second-order valence-corrected chi connectivity index (χ2v) is 3.42. The summed E-state index contributed by atoms with van der Waals surface area (Å²) in [7, 11) is 0. The second-order valence-electron chi connectivity index (χ2n) is 3.42. The molecule has 0 spiro atoms. The highest BCUT2D eigenvalue weighted by Crippen LogP contribution is 2.33. The van der Waals surface area contributed by atoms with Crippen molar-refractivity contribution in [3.05, 3.63) is 0 Å².